The molecular weight excluding hydrogens is 332 g/mol. The van der Waals surface area contributed by atoms with Gasteiger partial charge in [-0.25, -0.2) is 0 Å². The van der Waals surface area contributed by atoms with Crippen LogP contribution in [-0.2, 0) is 0 Å². The maximum absolute atomic E-state index is 12.4. The van der Waals surface area contributed by atoms with Gasteiger partial charge in [0.05, 0.1) is 11.3 Å². The Morgan fingerprint density at radius 2 is 1.96 bits per heavy atom. The highest BCUT2D eigenvalue weighted by atomic mass is 35.5. The zero-order valence-corrected chi connectivity index (χ0v) is 13.8. The normalized spacial score (nSPS) is 12.3. The van der Waals surface area contributed by atoms with Crippen molar-refractivity contribution in [1.82, 2.24) is 9.69 Å². The van der Waals surface area contributed by atoms with Crippen LogP contribution in [0.5, 0.6) is 0 Å². The fraction of sp³-hybridized carbons (Fsp3) is 0.176. The number of fused-ring (bicyclic) bond motifs is 1. The number of carbonyl (C=O) groups excluding carboxylic acids is 1. The first-order chi connectivity index (χ1) is 11.2. The van der Waals surface area contributed by atoms with Gasteiger partial charge in [-0.1, -0.05) is 41.9 Å². The van der Waals surface area contributed by atoms with Crippen molar-refractivity contribution < 1.29 is 9.90 Å². The lowest BCUT2D eigenvalue weighted by molar-refractivity contribution is 0.0945. The number of aromatic nitrogens is 1. The van der Waals surface area contributed by atoms with Crippen LogP contribution < -0.4 is 5.32 Å². The van der Waals surface area contributed by atoms with E-state index in [1.165, 1.54) is 11.5 Å². The molecule has 1 atom stereocenters. The third-order valence-electron chi connectivity index (χ3n) is 3.66. The van der Waals surface area contributed by atoms with Gasteiger partial charge in [0, 0.05) is 22.9 Å². The Labute approximate surface area is 142 Å². The number of nitrogens with one attached hydrogen (secondary N) is 1. The second-order valence-electron chi connectivity index (χ2n) is 5.17. The third kappa shape index (κ3) is 3.52. The number of aliphatic hydroxyl groups is 1. The summed E-state index contributed by atoms with van der Waals surface area (Å²) >= 11 is 7.18. The Bertz CT molecular complexity index is 817. The number of benzene rings is 2. The van der Waals surface area contributed by atoms with Gasteiger partial charge in [0.25, 0.3) is 5.91 Å². The molecule has 3 aromatic rings. The van der Waals surface area contributed by atoms with Gasteiger partial charge in [0.1, 0.15) is 5.69 Å². The van der Waals surface area contributed by atoms with Crippen molar-refractivity contribution >= 4 is 39.1 Å². The summed E-state index contributed by atoms with van der Waals surface area (Å²) in [6.07, 6.45) is 0. The zero-order valence-electron chi connectivity index (χ0n) is 12.2. The molecular formula is C17H15ClN2O2S. The van der Waals surface area contributed by atoms with Gasteiger partial charge < -0.3 is 10.4 Å². The minimum atomic E-state index is -0.227. The van der Waals surface area contributed by atoms with Crippen molar-refractivity contribution in [1.29, 1.82) is 0 Å². The van der Waals surface area contributed by atoms with Gasteiger partial charge >= 0.3 is 0 Å². The van der Waals surface area contributed by atoms with Crippen molar-refractivity contribution in [3.05, 3.63) is 64.8 Å². The third-order valence-corrected chi connectivity index (χ3v) is 4.74. The summed E-state index contributed by atoms with van der Waals surface area (Å²) in [6, 6.07) is 14.9. The lowest BCUT2D eigenvalue weighted by atomic mass is 10.00. The minimum Gasteiger partial charge on any atom is -0.396 e. The number of amides is 1. The van der Waals surface area contributed by atoms with Crippen LogP contribution in [0, 0.1) is 0 Å². The van der Waals surface area contributed by atoms with E-state index in [4.69, 9.17) is 11.6 Å². The lowest BCUT2D eigenvalue weighted by Gasteiger charge is -2.15. The molecule has 0 aliphatic carbocycles. The number of aliphatic hydroxyl groups excluding tert-OH is 1. The molecule has 1 aromatic heterocycles. The molecule has 0 saturated heterocycles. The first kappa shape index (κ1) is 15.9. The monoisotopic (exact) mass is 346 g/mol. The average molecular weight is 347 g/mol. The fourth-order valence-corrected chi connectivity index (χ4v) is 3.27. The van der Waals surface area contributed by atoms with Gasteiger partial charge in [-0.3, -0.25) is 4.79 Å². The van der Waals surface area contributed by atoms with Crippen molar-refractivity contribution in [3.8, 4) is 0 Å². The molecule has 2 aromatic carbocycles. The van der Waals surface area contributed by atoms with Crippen LogP contribution in [0.25, 0.3) is 10.1 Å². The van der Waals surface area contributed by atoms with Gasteiger partial charge in [-0.15, -0.1) is 0 Å². The molecule has 1 unspecified atom stereocenters. The molecule has 23 heavy (non-hydrogen) atoms. The maximum Gasteiger partial charge on any atom is 0.271 e. The molecule has 118 valence electrons. The Kier molecular flexibility index (Phi) is 4.91. The van der Waals surface area contributed by atoms with E-state index in [0.717, 1.165) is 15.6 Å². The Morgan fingerprint density at radius 3 is 2.70 bits per heavy atom. The summed E-state index contributed by atoms with van der Waals surface area (Å²) in [5, 5.41) is 13.9. The van der Waals surface area contributed by atoms with Crippen molar-refractivity contribution in [2.45, 2.75) is 5.92 Å². The Hall–Kier alpha value is -1.95. The van der Waals surface area contributed by atoms with E-state index >= 15 is 0 Å². The smallest absolute Gasteiger partial charge is 0.271 e. The summed E-state index contributed by atoms with van der Waals surface area (Å²) in [5.41, 5.74) is 1.36. The van der Waals surface area contributed by atoms with Gasteiger partial charge in [0.15, 0.2) is 0 Å². The predicted octanol–water partition coefficient (Wildman–Crippen LogP) is 3.46. The van der Waals surface area contributed by atoms with Crippen LogP contribution >= 0.6 is 23.1 Å². The average Bonchev–Trinajstić information content (AvgIpc) is 3.01. The summed E-state index contributed by atoms with van der Waals surface area (Å²) in [6.45, 7) is 0.280. The highest BCUT2D eigenvalue weighted by molar-refractivity contribution is 7.13. The van der Waals surface area contributed by atoms with Crippen LogP contribution in [0.15, 0.2) is 48.5 Å². The van der Waals surface area contributed by atoms with E-state index in [0.29, 0.717) is 17.3 Å². The number of hydrogen-bond donors (Lipinski definition) is 2. The summed E-state index contributed by atoms with van der Waals surface area (Å²) in [7, 11) is 0. The van der Waals surface area contributed by atoms with E-state index in [1.807, 2.05) is 36.4 Å². The fourth-order valence-electron chi connectivity index (χ4n) is 2.37. The van der Waals surface area contributed by atoms with Crippen LogP contribution in [-0.4, -0.2) is 28.5 Å². The molecule has 1 heterocycles. The topological polar surface area (TPSA) is 62.2 Å². The molecule has 0 aliphatic rings. The highest BCUT2D eigenvalue weighted by Gasteiger charge is 2.16. The van der Waals surface area contributed by atoms with Crippen molar-refractivity contribution in [3.63, 3.8) is 0 Å². The number of nitrogens with zero attached hydrogens (tertiary/aromatic N) is 1. The minimum absolute atomic E-state index is 0.0558. The van der Waals surface area contributed by atoms with Gasteiger partial charge in [-0.05, 0) is 35.3 Å². The summed E-state index contributed by atoms with van der Waals surface area (Å²) in [5.74, 6) is -0.406. The molecule has 0 radical (unpaired) electrons. The summed E-state index contributed by atoms with van der Waals surface area (Å²) in [4.78, 5) is 12.4. The molecule has 0 saturated carbocycles. The van der Waals surface area contributed by atoms with Crippen LogP contribution in [0.3, 0.4) is 0 Å². The lowest BCUT2D eigenvalue weighted by Crippen LogP contribution is -2.30. The van der Waals surface area contributed by atoms with Gasteiger partial charge in [-0.2, -0.15) is 4.37 Å². The molecule has 1 amide bonds. The van der Waals surface area contributed by atoms with E-state index in [1.54, 1.807) is 12.1 Å². The highest BCUT2D eigenvalue weighted by Crippen LogP contribution is 2.22. The van der Waals surface area contributed by atoms with E-state index in [2.05, 4.69) is 9.69 Å². The zero-order chi connectivity index (χ0) is 16.2. The number of hydrogen-bond acceptors (Lipinski definition) is 4. The number of rotatable bonds is 5. The molecule has 4 nitrogen and oxygen atoms in total. The molecule has 0 aliphatic heterocycles. The quantitative estimate of drug-likeness (QED) is 0.743. The first-order valence-corrected chi connectivity index (χ1v) is 8.33. The van der Waals surface area contributed by atoms with Crippen LogP contribution in [0.2, 0.25) is 5.02 Å². The Balaban J connectivity index is 1.71. The van der Waals surface area contributed by atoms with Crippen molar-refractivity contribution in [2.75, 3.05) is 13.2 Å². The number of carbonyl (C=O) groups is 1. The first-order valence-electron chi connectivity index (χ1n) is 7.18. The molecule has 2 N–H and O–H groups in total. The molecule has 0 bridgehead atoms. The predicted molar refractivity (Wildman–Crippen MR) is 93.2 cm³/mol. The largest absolute Gasteiger partial charge is 0.396 e. The molecule has 0 spiro atoms. The second-order valence-corrected chi connectivity index (χ2v) is 6.41. The number of halogens is 1. The maximum atomic E-state index is 12.4. The molecule has 3 rings (SSSR count). The van der Waals surface area contributed by atoms with E-state index < -0.39 is 0 Å². The SMILES string of the molecule is O=C(NCC(CO)c1ccc(Cl)cc1)c1nsc2ccccc12. The van der Waals surface area contributed by atoms with Gasteiger partial charge in [0.2, 0.25) is 0 Å². The Morgan fingerprint density at radius 1 is 1.22 bits per heavy atom. The standard InChI is InChI=1S/C17H15ClN2O2S/c18-13-7-5-11(6-8-13)12(10-21)9-19-17(22)16-14-3-1-2-4-15(14)23-20-16/h1-8,12,21H,9-10H2,(H,19,22). The second kappa shape index (κ2) is 7.08. The van der Waals surface area contributed by atoms with Crippen molar-refractivity contribution in [2.24, 2.45) is 0 Å². The van der Waals surface area contributed by atoms with Crippen LogP contribution in [0.4, 0.5) is 0 Å². The van der Waals surface area contributed by atoms with Crippen LogP contribution in [0.1, 0.15) is 22.0 Å². The van der Waals surface area contributed by atoms with E-state index in [9.17, 15) is 9.90 Å². The summed E-state index contributed by atoms with van der Waals surface area (Å²) < 4.78 is 5.21. The van der Waals surface area contributed by atoms with E-state index in [-0.39, 0.29) is 18.4 Å². The molecule has 0 fully saturated rings. The molecule has 6 heteroatoms.